The molecule has 3 fully saturated rings. The van der Waals surface area contributed by atoms with Crippen LogP contribution in [-0.4, -0.2) is 204 Å². The number of amides is 2. The molecule has 0 aliphatic carbocycles. The monoisotopic (exact) mass is 1080 g/mol. The molecule has 1 unspecified atom stereocenters. The molecule has 0 spiro atoms. The number of aliphatic hydroxyl groups is 6. The molecule has 1 aromatic carbocycles. The molecule has 68 heavy (non-hydrogen) atoms. The van der Waals surface area contributed by atoms with Gasteiger partial charge in [-0.3, -0.25) is 22.1 Å². The molecule has 4 rings (SSSR count). The molecular formula is C34H49N3O26S5-4. The molecule has 0 bridgehead atoms. The van der Waals surface area contributed by atoms with E-state index >= 15 is 0 Å². The first kappa shape index (κ1) is 57.9. The fraction of sp³-hybridized carbons (Fsp3) is 0.735. The van der Waals surface area contributed by atoms with Crippen LogP contribution in [0.3, 0.4) is 0 Å². The summed E-state index contributed by atoms with van der Waals surface area (Å²) in [4.78, 5) is 36.9. The molecule has 0 aromatic heterocycles. The Balaban J connectivity index is 1.49. The van der Waals surface area contributed by atoms with Crippen LogP contribution in [0.4, 0.5) is 11.4 Å². The zero-order valence-corrected chi connectivity index (χ0v) is 39.3. The maximum atomic E-state index is 12.5. The molecule has 9 N–H and O–H groups in total. The van der Waals surface area contributed by atoms with Crippen LogP contribution in [-0.2, 0) is 77.1 Å². The zero-order valence-electron chi connectivity index (χ0n) is 35.2. The van der Waals surface area contributed by atoms with Gasteiger partial charge < -0.3 is 89.1 Å². The van der Waals surface area contributed by atoms with E-state index in [1.807, 2.05) is 21.6 Å². The van der Waals surface area contributed by atoms with E-state index in [-0.39, 0.29) is 5.91 Å². The third kappa shape index (κ3) is 18.2. The van der Waals surface area contributed by atoms with Gasteiger partial charge in [-0.2, -0.15) is 0 Å². The van der Waals surface area contributed by atoms with Crippen molar-refractivity contribution >= 4 is 81.9 Å². The lowest BCUT2D eigenvalue weighted by atomic mass is 9.95. The Labute approximate surface area is 396 Å². The molecule has 390 valence electrons. The first-order chi connectivity index (χ1) is 31.7. The van der Waals surface area contributed by atoms with Gasteiger partial charge in [-0.05, 0) is 37.5 Å². The second-order valence-corrected chi connectivity index (χ2v) is 21.0. The van der Waals surface area contributed by atoms with Crippen LogP contribution in [0, 0.1) is 0 Å². The van der Waals surface area contributed by atoms with Crippen LogP contribution < -0.4 is 21.1 Å². The number of ether oxygens (including phenoxy) is 4. The Morgan fingerprint density at radius 3 is 2.06 bits per heavy atom. The lowest BCUT2D eigenvalue weighted by Gasteiger charge is -2.49. The lowest BCUT2D eigenvalue weighted by molar-refractivity contribution is -0.360. The summed E-state index contributed by atoms with van der Waals surface area (Å²) in [5, 5.41) is 83.8. The Morgan fingerprint density at radius 2 is 1.47 bits per heavy atom. The van der Waals surface area contributed by atoms with E-state index in [0.717, 1.165) is 31.9 Å². The maximum absolute atomic E-state index is 12.5. The van der Waals surface area contributed by atoms with E-state index in [4.69, 9.17) is 18.9 Å². The number of aliphatic hydroxyl groups excluding tert-OH is 6. The van der Waals surface area contributed by atoms with E-state index < -0.39 is 149 Å². The van der Waals surface area contributed by atoms with Crippen molar-refractivity contribution in [3.63, 3.8) is 0 Å². The van der Waals surface area contributed by atoms with Gasteiger partial charge in [0.05, 0.1) is 25.3 Å². The number of unbranched alkanes of at least 4 members (excludes halogenated alkanes) is 1. The van der Waals surface area contributed by atoms with E-state index in [0.29, 0.717) is 29.5 Å². The Kier molecular flexibility index (Phi) is 21.8. The van der Waals surface area contributed by atoms with Crippen LogP contribution >= 0.6 is 21.6 Å². The first-order valence-electron chi connectivity index (χ1n) is 20.1. The van der Waals surface area contributed by atoms with Gasteiger partial charge >= 0.3 is 0 Å². The summed E-state index contributed by atoms with van der Waals surface area (Å²) >= 11 is 0. The maximum Gasteiger partial charge on any atom is 0.224 e. The van der Waals surface area contributed by atoms with Crippen LogP contribution in [0.15, 0.2) is 24.3 Å². The van der Waals surface area contributed by atoms with E-state index in [9.17, 15) is 89.0 Å². The first-order valence-corrected chi connectivity index (χ1v) is 26.5. The van der Waals surface area contributed by atoms with Crippen molar-refractivity contribution in [2.24, 2.45) is 0 Å². The smallest absolute Gasteiger partial charge is 0.224 e. The number of nitrogens with one attached hydrogen (secondary N) is 3. The van der Waals surface area contributed by atoms with Gasteiger partial charge in [-0.1, -0.05) is 34.1 Å². The van der Waals surface area contributed by atoms with Crippen molar-refractivity contribution in [3.05, 3.63) is 24.3 Å². The molecule has 3 heterocycles. The third-order valence-corrected chi connectivity index (χ3v) is 14.4. The summed E-state index contributed by atoms with van der Waals surface area (Å²) in [6, 6.07) is 4.12. The summed E-state index contributed by atoms with van der Waals surface area (Å²) in [7, 11) is -14.4. The number of hydrogen-bond acceptors (Lipinski definition) is 29. The minimum atomic E-state index is -6.12. The molecule has 15 atom stereocenters. The standard InChI is InChI=1S/C34H53N3O26S5/c1-15(39)36-23-28(59-34-31(63-68(54,55)56)29(62-67(51,52)53)26(45)30(60-34)32(46)47)27(61-66(48,49)50)21(13-38)58-33(23)57-14-20(41)25(44)24(43)19(40)12-35-16-5-4-6-17(11-16)37-22(42)8-3-2-7-18-9-10-64-65-18/h4-6,11,18-21,23-31,33-35,38,40-41,43-45H,2-3,7-10,12-14H2,1H3,(H,36,39)(H,37,42)(H,46,47)(H,48,49,50)(H,51,52,53)(H,54,55,56)/p-4/t18?,19-,20+,21+,23+,24+,25+,26-,27-,28+,29-,30-,31+,33-,34+/m0/s1. The molecule has 3 aliphatic heterocycles. The predicted octanol–water partition coefficient (Wildman–Crippen LogP) is -5.81. The van der Waals surface area contributed by atoms with Crippen LogP contribution in [0.1, 0.15) is 39.0 Å². The number of carbonyl (C=O) groups is 3. The number of carboxylic acids is 1. The fourth-order valence-electron chi connectivity index (χ4n) is 7.00. The van der Waals surface area contributed by atoms with Gasteiger partial charge in [0, 0.05) is 42.3 Å². The van der Waals surface area contributed by atoms with Crippen molar-refractivity contribution in [2.75, 3.05) is 36.1 Å². The van der Waals surface area contributed by atoms with Crippen LogP contribution in [0.2, 0.25) is 0 Å². The second kappa shape index (κ2) is 25.6. The lowest BCUT2D eigenvalue weighted by Crippen LogP contribution is -2.70. The minimum Gasteiger partial charge on any atom is -0.726 e. The van der Waals surface area contributed by atoms with E-state index in [1.165, 1.54) is 6.07 Å². The highest BCUT2D eigenvalue weighted by Crippen LogP contribution is 2.40. The quantitative estimate of drug-likeness (QED) is 0.0181. The van der Waals surface area contributed by atoms with Gasteiger partial charge in [-0.15, -0.1) is 0 Å². The zero-order chi connectivity index (χ0) is 50.7. The molecule has 0 saturated carbocycles. The minimum absolute atomic E-state index is 0.215. The average Bonchev–Trinajstić information content (AvgIpc) is 3.76. The van der Waals surface area contributed by atoms with Gasteiger partial charge in [0.2, 0.25) is 43.0 Å². The normalized spacial score (nSPS) is 29.9. The summed E-state index contributed by atoms with van der Waals surface area (Å²) in [5.41, 5.74) is 0.777. The van der Waals surface area contributed by atoms with Crippen LogP contribution in [0.5, 0.6) is 0 Å². The highest BCUT2D eigenvalue weighted by atomic mass is 33.1. The molecule has 2 amide bonds. The fourth-order valence-corrected chi connectivity index (χ4v) is 11.5. The van der Waals surface area contributed by atoms with Crippen molar-refractivity contribution < 1.29 is 121 Å². The number of aliphatic carboxylic acids is 1. The molecular weight excluding hydrogens is 1030 g/mol. The van der Waals surface area contributed by atoms with Crippen molar-refractivity contribution in [1.29, 1.82) is 0 Å². The van der Waals surface area contributed by atoms with Crippen molar-refractivity contribution in [3.8, 4) is 0 Å². The number of carboxylic acid groups (broad SMARTS) is 1. The van der Waals surface area contributed by atoms with Crippen molar-refractivity contribution in [1.82, 2.24) is 5.32 Å². The average molecular weight is 1080 g/mol. The highest BCUT2D eigenvalue weighted by molar-refractivity contribution is 8.77. The number of benzene rings is 1. The summed E-state index contributed by atoms with van der Waals surface area (Å²) in [6.07, 6.45) is -28.6. The summed E-state index contributed by atoms with van der Waals surface area (Å²) < 4.78 is 140. The van der Waals surface area contributed by atoms with Gasteiger partial charge in [0.25, 0.3) is 0 Å². The molecule has 29 nitrogen and oxygen atoms in total. The topological polar surface area (TPSA) is 468 Å². The largest absolute Gasteiger partial charge is 0.726 e. The number of carbonyl (C=O) groups excluding carboxylic acids is 3. The predicted molar refractivity (Wildman–Crippen MR) is 222 cm³/mol. The Morgan fingerprint density at radius 1 is 0.853 bits per heavy atom. The Bertz CT molecular complexity index is 2170. The number of anilines is 2. The summed E-state index contributed by atoms with van der Waals surface area (Å²) in [5.74, 6) is -2.66. The molecule has 34 heteroatoms. The van der Waals surface area contributed by atoms with E-state index in [1.54, 1.807) is 18.2 Å². The number of rotatable bonds is 26. The molecule has 1 aromatic rings. The molecule has 3 aliphatic rings. The Hall–Kier alpha value is -2.66. The van der Waals surface area contributed by atoms with Gasteiger partial charge in [-0.25, -0.2) is 25.3 Å². The highest BCUT2D eigenvalue weighted by Gasteiger charge is 2.56. The summed E-state index contributed by atoms with van der Waals surface area (Å²) in [6.45, 7) is -2.20. The van der Waals surface area contributed by atoms with Crippen molar-refractivity contribution in [2.45, 2.75) is 130 Å². The SMILES string of the molecule is CC(=O)N[C@H]1[C@@H](OC[C@@H](O)[C@@H](O)[C@H](O)[C@@H](O)CNc2cccc(NC(=O)CCCCC3CCSS3)c2)O[C@H](CO)[C@H](OS(=O)(=O)[O-])[C@@H]1O[C@@H]1O[C@H](C(=O)[O-])[C@@H](O)[C@H](OS(=O)(=O)[O-])[C@H]1OS(=O)(=O)[O-]. The molecule has 0 radical (unpaired) electrons. The van der Waals surface area contributed by atoms with E-state index in [2.05, 4.69) is 28.5 Å². The molecule has 3 saturated heterocycles. The van der Waals surface area contributed by atoms with Crippen LogP contribution in [0.25, 0.3) is 0 Å². The van der Waals surface area contributed by atoms with Gasteiger partial charge in [0.15, 0.2) is 18.7 Å². The number of hydrogen-bond donors (Lipinski definition) is 9. The third-order valence-electron chi connectivity index (χ3n) is 10.1. The second-order valence-electron chi connectivity index (χ2n) is 15.2. The van der Waals surface area contributed by atoms with Gasteiger partial charge in [0.1, 0.15) is 61.0 Å².